The van der Waals surface area contributed by atoms with E-state index in [1.165, 1.54) is 0 Å². The minimum atomic E-state index is -0.249. The maximum absolute atomic E-state index is 11.8. The molecule has 0 aromatic carbocycles. The summed E-state index contributed by atoms with van der Waals surface area (Å²) in [7, 11) is 0. The Balaban J connectivity index is 2.25. The second kappa shape index (κ2) is 7.76. The summed E-state index contributed by atoms with van der Waals surface area (Å²) in [6.45, 7) is 9.80. The SMILES string of the molecule is CCOC(=O)N1CCC(NC(=O)CSC(C)(C)C)CC1. The Morgan fingerprint density at radius 2 is 1.90 bits per heavy atom. The van der Waals surface area contributed by atoms with E-state index in [-0.39, 0.29) is 22.8 Å². The molecular formula is C14H26N2O3S. The van der Waals surface area contributed by atoms with Gasteiger partial charge in [0.05, 0.1) is 12.4 Å². The lowest BCUT2D eigenvalue weighted by Crippen LogP contribution is -2.47. The van der Waals surface area contributed by atoms with E-state index in [4.69, 9.17) is 4.74 Å². The van der Waals surface area contributed by atoms with E-state index in [2.05, 4.69) is 26.1 Å². The molecule has 1 fully saturated rings. The predicted molar refractivity (Wildman–Crippen MR) is 82.0 cm³/mol. The standard InChI is InChI=1S/C14H26N2O3S/c1-5-19-13(18)16-8-6-11(7-9-16)15-12(17)10-20-14(2,3)4/h11H,5-10H2,1-4H3,(H,15,17). The molecule has 1 saturated heterocycles. The molecule has 1 aliphatic rings. The van der Waals surface area contributed by atoms with Gasteiger partial charge < -0.3 is 15.0 Å². The predicted octanol–water partition coefficient (Wildman–Crippen LogP) is 2.26. The average molecular weight is 302 g/mol. The van der Waals surface area contributed by atoms with Gasteiger partial charge in [-0.2, -0.15) is 0 Å². The summed E-state index contributed by atoms with van der Waals surface area (Å²) in [6.07, 6.45) is 1.34. The summed E-state index contributed by atoms with van der Waals surface area (Å²) in [5, 5.41) is 3.04. The number of carbonyl (C=O) groups is 2. The van der Waals surface area contributed by atoms with E-state index in [0.717, 1.165) is 12.8 Å². The number of ether oxygens (including phenoxy) is 1. The van der Waals surface area contributed by atoms with Crippen LogP contribution < -0.4 is 5.32 Å². The summed E-state index contributed by atoms with van der Waals surface area (Å²) >= 11 is 1.65. The highest BCUT2D eigenvalue weighted by atomic mass is 32.2. The van der Waals surface area contributed by atoms with Gasteiger partial charge in [0.25, 0.3) is 0 Å². The monoisotopic (exact) mass is 302 g/mol. The number of nitrogens with one attached hydrogen (secondary N) is 1. The Morgan fingerprint density at radius 1 is 1.30 bits per heavy atom. The van der Waals surface area contributed by atoms with Crippen LogP contribution in [0, 0.1) is 0 Å². The van der Waals surface area contributed by atoms with E-state index < -0.39 is 0 Å². The van der Waals surface area contributed by atoms with E-state index in [0.29, 0.717) is 25.4 Å². The number of rotatable bonds is 4. The zero-order chi connectivity index (χ0) is 15.2. The van der Waals surface area contributed by atoms with Crippen LogP contribution in [0.5, 0.6) is 0 Å². The Morgan fingerprint density at radius 3 is 2.40 bits per heavy atom. The van der Waals surface area contributed by atoms with Crippen LogP contribution in [0.4, 0.5) is 4.79 Å². The van der Waals surface area contributed by atoms with Gasteiger partial charge in [0.15, 0.2) is 0 Å². The van der Waals surface area contributed by atoms with Gasteiger partial charge in [0.1, 0.15) is 0 Å². The molecule has 116 valence electrons. The number of hydrogen-bond donors (Lipinski definition) is 1. The van der Waals surface area contributed by atoms with Crippen molar-refractivity contribution >= 4 is 23.8 Å². The molecule has 0 radical (unpaired) electrons. The normalized spacial score (nSPS) is 16.9. The largest absolute Gasteiger partial charge is 0.450 e. The lowest BCUT2D eigenvalue weighted by atomic mass is 10.1. The molecule has 1 rings (SSSR count). The van der Waals surface area contributed by atoms with Crippen LogP contribution in [-0.4, -0.2) is 53.1 Å². The number of nitrogens with zero attached hydrogens (tertiary/aromatic N) is 1. The molecule has 0 saturated carbocycles. The van der Waals surface area contributed by atoms with Crippen molar-refractivity contribution in [2.24, 2.45) is 0 Å². The summed E-state index contributed by atoms with van der Waals surface area (Å²) in [5.41, 5.74) is 0. The van der Waals surface area contributed by atoms with Crippen molar-refractivity contribution in [3.63, 3.8) is 0 Å². The molecule has 1 heterocycles. The van der Waals surface area contributed by atoms with Crippen molar-refractivity contribution in [2.75, 3.05) is 25.4 Å². The topological polar surface area (TPSA) is 58.6 Å². The van der Waals surface area contributed by atoms with Gasteiger partial charge in [0, 0.05) is 23.9 Å². The first-order valence-electron chi connectivity index (χ1n) is 7.17. The second-order valence-electron chi connectivity index (χ2n) is 5.93. The fourth-order valence-electron chi connectivity index (χ4n) is 1.97. The molecule has 5 nitrogen and oxygen atoms in total. The highest BCUT2D eigenvalue weighted by Crippen LogP contribution is 2.22. The summed E-state index contributed by atoms with van der Waals surface area (Å²) in [6, 6.07) is 0.175. The maximum Gasteiger partial charge on any atom is 0.409 e. The molecular weight excluding hydrogens is 276 g/mol. The van der Waals surface area contributed by atoms with Gasteiger partial charge in [-0.3, -0.25) is 4.79 Å². The van der Waals surface area contributed by atoms with E-state index in [1.54, 1.807) is 23.6 Å². The first-order chi connectivity index (χ1) is 9.31. The smallest absolute Gasteiger partial charge is 0.409 e. The van der Waals surface area contributed by atoms with Crippen molar-refractivity contribution in [3.8, 4) is 0 Å². The van der Waals surface area contributed by atoms with Crippen molar-refractivity contribution in [2.45, 2.75) is 51.3 Å². The fourth-order valence-corrected chi connectivity index (χ4v) is 2.62. The highest BCUT2D eigenvalue weighted by molar-refractivity contribution is 8.01. The third-order valence-corrected chi connectivity index (χ3v) is 4.29. The van der Waals surface area contributed by atoms with Crippen LogP contribution in [0.3, 0.4) is 0 Å². The number of piperidine rings is 1. The average Bonchev–Trinajstić information content (AvgIpc) is 2.37. The van der Waals surface area contributed by atoms with Gasteiger partial charge in [-0.15, -0.1) is 11.8 Å². The molecule has 0 unspecified atom stereocenters. The molecule has 0 bridgehead atoms. The molecule has 6 heteroatoms. The molecule has 20 heavy (non-hydrogen) atoms. The van der Waals surface area contributed by atoms with Crippen LogP contribution in [0.1, 0.15) is 40.5 Å². The van der Waals surface area contributed by atoms with Crippen LogP contribution in [0.2, 0.25) is 0 Å². The molecule has 2 amide bonds. The van der Waals surface area contributed by atoms with Gasteiger partial charge in [0.2, 0.25) is 5.91 Å². The number of carbonyl (C=O) groups excluding carboxylic acids is 2. The van der Waals surface area contributed by atoms with Gasteiger partial charge >= 0.3 is 6.09 Å². The third-order valence-electron chi connectivity index (χ3n) is 3.02. The van der Waals surface area contributed by atoms with Gasteiger partial charge in [-0.25, -0.2) is 4.79 Å². The number of likely N-dealkylation sites (tertiary alicyclic amines) is 1. The maximum atomic E-state index is 11.8. The Labute approximate surface area is 125 Å². The molecule has 1 N–H and O–H groups in total. The number of amides is 2. The first-order valence-corrected chi connectivity index (χ1v) is 8.15. The Hall–Kier alpha value is -0.910. The lowest BCUT2D eigenvalue weighted by molar-refractivity contribution is -0.119. The Bertz CT molecular complexity index is 334. The molecule has 0 atom stereocenters. The van der Waals surface area contributed by atoms with Crippen molar-refractivity contribution in [1.29, 1.82) is 0 Å². The van der Waals surface area contributed by atoms with Crippen molar-refractivity contribution < 1.29 is 14.3 Å². The zero-order valence-electron chi connectivity index (χ0n) is 12.9. The van der Waals surface area contributed by atoms with Gasteiger partial charge in [-0.05, 0) is 19.8 Å². The van der Waals surface area contributed by atoms with Crippen molar-refractivity contribution in [1.82, 2.24) is 10.2 Å². The van der Waals surface area contributed by atoms with Crippen LogP contribution >= 0.6 is 11.8 Å². The Kier molecular flexibility index (Phi) is 6.65. The molecule has 0 aromatic rings. The minimum Gasteiger partial charge on any atom is -0.450 e. The van der Waals surface area contributed by atoms with Gasteiger partial charge in [-0.1, -0.05) is 20.8 Å². The summed E-state index contributed by atoms with van der Waals surface area (Å²) in [5.74, 6) is 0.571. The third kappa shape index (κ3) is 6.50. The lowest BCUT2D eigenvalue weighted by Gasteiger charge is -2.31. The molecule has 1 aliphatic heterocycles. The second-order valence-corrected chi connectivity index (χ2v) is 7.73. The van der Waals surface area contributed by atoms with Crippen LogP contribution in [0.25, 0.3) is 0 Å². The van der Waals surface area contributed by atoms with Crippen LogP contribution in [0.15, 0.2) is 0 Å². The van der Waals surface area contributed by atoms with Crippen LogP contribution in [-0.2, 0) is 9.53 Å². The van der Waals surface area contributed by atoms with E-state index in [9.17, 15) is 9.59 Å². The molecule has 0 aromatic heterocycles. The summed E-state index contributed by atoms with van der Waals surface area (Å²) in [4.78, 5) is 25.1. The zero-order valence-corrected chi connectivity index (χ0v) is 13.7. The first kappa shape index (κ1) is 17.1. The number of thioether (sulfide) groups is 1. The highest BCUT2D eigenvalue weighted by Gasteiger charge is 2.24. The minimum absolute atomic E-state index is 0.0829. The fraction of sp³-hybridized carbons (Fsp3) is 0.857. The molecule has 0 spiro atoms. The molecule has 0 aliphatic carbocycles. The number of hydrogen-bond acceptors (Lipinski definition) is 4. The van der Waals surface area contributed by atoms with E-state index in [1.807, 2.05) is 0 Å². The quantitative estimate of drug-likeness (QED) is 0.865. The summed E-state index contributed by atoms with van der Waals surface area (Å²) < 4.78 is 5.07. The van der Waals surface area contributed by atoms with E-state index >= 15 is 0 Å². The van der Waals surface area contributed by atoms with Crippen molar-refractivity contribution in [3.05, 3.63) is 0 Å².